The number of anilines is 1. The van der Waals surface area contributed by atoms with E-state index in [9.17, 15) is 4.79 Å². The van der Waals surface area contributed by atoms with Crippen LogP contribution in [0.3, 0.4) is 0 Å². The minimum atomic E-state index is -0.0473. The number of Topliss-reactive ketones (excluding diaryl/α,β-unsaturated/α-hetero) is 1. The molecular weight excluding hydrogens is 340 g/mol. The molecule has 0 bridgehead atoms. The highest BCUT2D eigenvalue weighted by atomic mass is 32.1. The molecule has 0 fully saturated rings. The molecule has 2 N–H and O–H groups in total. The molecule has 3 aromatic carbocycles. The standard InChI is InChI=1S/C22H20N2OS/c1-16(25)17-12-14-20(15-13-17)23-22(26)24-21(18-8-4-2-5-9-18)19-10-6-3-7-11-19/h2-15,21H,1H3,(H2,23,24,26). The molecule has 0 amide bonds. The van der Waals surface area contributed by atoms with E-state index in [0.29, 0.717) is 10.7 Å². The van der Waals surface area contributed by atoms with Gasteiger partial charge in [-0.05, 0) is 54.5 Å². The Labute approximate surface area is 159 Å². The molecule has 26 heavy (non-hydrogen) atoms. The Morgan fingerprint density at radius 1 is 0.808 bits per heavy atom. The third-order valence-corrected chi connectivity index (χ3v) is 4.31. The zero-order valence-electron chi connectivity index (χ0n) is 14.5. The number of ketones is 1. The maximum atomic E-state index is 11.4. The number of rotatable bonds is 5. The predicted molar refractivity (Wildman–Crippen MR) is 111 cm³/mol. The third-order valence-electron chi connectivity index (χ3n) is 4.09. The maximum absolute atomic E-state index is 11.4. The molecule has 4 heteroatoms. The first-order valence-corrected chi connectivity index (χ1v) is 8.83. The normalized spacial score (nSPS) is 10.4. The highest BCUT2D eigenvalue weighted by Gasteiger charge is 2.14. The Morgan fingerprint density at radius 3 is 1.77 bits per heavy atom. The summed E-state index contributed by atoms with van der Waals surface area (Å²) in [5, 5.41) is 7.10. The summed E-state index contributed by atoms with van der Waals surface area (Å²) >= 11 is 5.51. The fourth-order valence-electron chi connectivity index (χ4n) is 2.74. The fourth-order valence-corrected chi connectivity index (χ4v) is 2.97. The van der Waals surface area contributed by atoms with Gasteiger partial charge in [-0.15, -0.1) is 0 Å². The van der Waals surface area contributed by atoms with Crippen LogP contribution in [0.1, 0.15) is 34.5 Å². The van der Waals surface area contributed by atoms with Gasteiger partial charge in [-0.3, -0.25) is 4.79 Å². The molecule has 3 nitrogen and oxygen atoms in total. The molecular formula is C22H20N2OS. The summed E-state index contributed by atoms with van der Waals surface area (Å²) in [5.41, 5.74) is 3.79. The Balaban J connectivity index is 1.76. The van der Waals surface area contributed by atoms with Crippen molar-refractivity contribution in [3.05, 3.63) is 102 Å². The number of hydrogen-bond acceptors (Lipinski definition) is 2. The summed E-state index contributed by atoms with van der Waals surface area (Å²) in [4.78, 5) is 11.4. The van der Waals surface area contributed by atoms with Crippen LogP contribution in [-0.2, 0) is 0 Å². The molecule has 0 spiro atoms. The van der Waals surface area contributed by atoms with E-state index >= 15 is 0 Å². The van der Waals surface area contributed by atoms with Crippen LogP contribution >= 0.6 is 12.2 Å². The van der Waals surface area contributed by atoms with E-state index in [4.69, 9.17) is 12.2 Å². The van der Waals surface area contributed by atoms with E-state index in [2.05, 4.69) is 34.9 Å². The van der Waals surface area contributed by atoms with Crippen LogP contribution in [0.5, 0.6) is 0 Å². The van der Waals surface area contributed by atoms with E-state index in [1.807, 2.05) is 48.5 Å². The monoisotopic (exact) mass is 360 g/mol. The topological polar surface area (TPSA) is 41.1 Å². The second-order valence-corrected chi connectivity index (χ2v) is 6.39. The average Bonchev–Trinajstić information content (AvgIpc) is 2.68. The van der Waals surface area contributed by atoms with Crippen molar-refractivity contribution in [2.75, 3.05) is 5.32 Å². The van der Waals surface area contributed by atoms with Gasteiger partial charge in [-0.1, -0.05) is 60.7 Å². The van der Waals surface area contributed by atoms with Crippen LogP contribution in [-0.4, -0.2) is 10.9 Å². The lowest BCUT2D eigenvalue weighted by Crippen LogP contribution is -2.33. The van der Waals surface area contributed by atoms with Crippen molar-refractivity contribution in [2.45, 2.75) is 13.0 Å². The van der Waals surface area contributed by atoms with Crippen LogP contribution in [0.25, 0.3) is 0 Å². The Morgan fingerprint density at radius 2 is 1.31 bits per heavy atom. The van der Waals surface area contributed by atoms with E-state index in [0.717, 1.165) is 16.8 Å². The number of thiocarbonyl (C=S) groups is 1. The van der Waals surface area contributed by atoms with Crippen LogP contribution in [0.4, 0.5) is 5.69 Å². The van der Waals surface area contributed by atoms with E-state index in [1.165, 1.54) is 0 Å². The molecule has 0 saturated carbocycles. The van der Waals surface area contributed by atoms with Gasteiger partial charge in [0.15, 0.2) is 10.9 Å². The number of carbonyl (C=O) groups is 1. The molecule has 0 heterocycles. The first-order valence-electron chi connectivity index (χ1n) is 8.42. The second-order valence-electron chi connectivity index (χ2n) is 5.99. The highest BCUT2D eigenvalue weighted by Crippen LogP contribution is 2.22. The first-order chi connectivity index (χ1) is 12.6. The number of benzene rings is 3. The van der Waals surface area contributed by atoms with Crippen LogP contribution < -0.4 is 10.6 Å². The van der Waals surface area contributed by atoms with E-state index in [1.54, 1.807) is 19.1 Å². The van der Waals surface area contributed by atoms with Crippen molar-refractivity contribution in [1.29, 1.82) is 0 Å². The molecule has 3 aromatic rings. The molecule has 0 aliphatic rings. The summed E-state index contributed by atoms with van der Waals surface area (Å²) in [5.74, 6) is 0.0467. The van der Waals surface area contributed by atoms with Crippen molar-refractivity contribution in [3.63, 3.8) is 0 Å². The zero-order chi connectivity index (χ0) is 18.4. The van der Waals surface area contributed by atoms with Gasteiger partial charge in [-0.2, -0.15) is 0 Å². The fraction of sp³-hybridized carbons (Fsp3) is 0.0909. The second kappa shape index (κ2) is 8.41. The molecule has 130 valence electrons. The molecule has 0 unspecified atom stereocenters. The summed E-state index contributed by atoms with van der Waals surface area (Å²) in [7, 11) is 0. The molecule has 0 aromatic heterocycles. The lowest BCUT2D eigenvalue weighted by Gasteiger charge is -2.22. The van der Waals surface area contributed by atoms with Crippen molar-refractivity contribution in [3.8, 4) is 0 Å². The van der Waals surface area contributed by atoms with Crippen molar-refractivity contribution >= 4 is 28.8 Å². The molecule has 0 atom stereocenters. The van der Waals surface area contributed by atoms with Gasteiger partial charge >= 0.3 is 0 Å². The quantitative estimate of drug-likeness (QED) is 0.498. The van der Waals surface area contributed by atoms with Crippen LogP contribution in [0.2, 0.25) is 0 Å². The first kappa shape index (κ1) is 17.8. The molecule has 0 aliphatic carbocycles. The van der Waals surface area contributed by atoms with Crippen molar-refractivity contribution in [1.82, 2.24) is 5.32 Å². The van der Waals surface area contributed by atoms with E-state index in [-0.39, 0.29) is 11.8 Å². The minimum absolute atomic E-state index is 0.0467. The van der Waals surface area contributed by atoms with Gasteiger partial charge in [0.05, 0.1) is 6.04 Å². The van der Waals surface area contributed by atoms with Crippen LogP contribution in [0, 0.1) is 0 Å². The van der Waals surface area contributed by atoms with Crippen molar-refractivity contribution in [2.24, 2.45) is 0 Å². The van der Waals surface area contributed by atoms with Gasteiger partial charge in [0, 0.05) is 11.3 Å². The molecule has 0 radical (unpaired) electrons. The third kappa shape index (κ3) is 4.55. The minimum Gasteiger partial charge on any atom is -0.352 e. The largest absolute Gasteiger partial charge is 0.352 e. The average molecular weight is 360 g/mol. The highest BCUT2D eigenvalue weighted by molar-refractivity contribution is 7.80. The maximum Gasteiger partial charge on any atom is 0.171 e. The van der Waals surface area contributed by atoms with Crippen molar-refractivity contribution < 1.29 is 4.79 Å². The Kier molecular flexibility index (Phi) is 5.77. The lowest BCUT2D eigenvalue weighted by atomic mass is 9.99. The van der Waals surface area contributed by atoms with Gasteiger partial charge in [-0.25, -0.2) is 0 Å². The Bertz CT molecular complexity index is 838. The lowest BCUT2D eigenvalue weighted by molar-refractivity contribution is 0.101. The van der Waals surface area contributed by atoms with Gasteiger partial charge < -0.3 is 10.6 Å². The number of hydrogen-bond donors (Lipinski definition) is 2. The summed E-state index contributed by atoms with van der Waals surface area (Å²) in [6.07, 6.45) is 0. The van der Waals surface area contributed by atoms with Gasteiger partial charge in [0.25, 0.3) is 0 Å². The summed E-state index contributed by atoms with van der Waals surface area (Å²) in [6, 6.07) is 27.6. The van der Waals surface area contributed by atoms with Gasteiger partial charge in [0.1, 0.15) is 0 Å². The zero-order valence-corrected chi connectivity index (χ0v) is 15.3. The molecule has 0 aliphatic heterocycles. The SMILES string of the molecule is CC(=O)c1ccc(NC(=S)NC(c2ccccc2)c2ccccc2)cc1. The smallest absolute Gasteiger partial charge is 0.171 e. The molecule has 0 saturated heterocycles. The number of nitrogens with one attached hydrogen (secondary N) is 2. The summed E-state index contributed by atoms with van der Waals surface area (Å²) < 4.78 is 0. The van der Waals surface area contributed by atoms with E-state index < -0.39 is 0 Å². The number of carbonyl (C=O) groups excluding carboxylic acids is 1. The van der Waals surface area contributed by atoms with Crippen LogP contribution in [0.15, 0.2) is 84.9 Å². The molecule has 3 rings (SSSR count). The Hall–Kier alpha value is -2.98. The van der Waals surface area contributed by atoms with Gasteiger partial charge in [0.2, 0.25) is 0 Å². The summed E-state index contributed by atoms with van der Waals surface area (Å²) in [6.45, 7) is 1.55. The predicted octanol–water partition coefficient (Wildman–Crippen LogP) is 4.97.